The first-order valence-corrected chi connectivity index (χ1v) is 11.5. The molecule has 8 nitrogen and oxygen atoms in total. The average molecular weight is 523 g/mol. The molecule has 5 atom stereocenters. The second-order valence-electron chi connectivity index (χ2n) is 9.19. The Hall–Kier alpha value is -2.58. The van der Waals surface area contributed by atoms with Gasteiger partial charge in [-0.2, -0.15) is 26.3 Å². The molecule has 2 fully saturated rings. The number of urea groups is 1. The van der Waals surface area contributed by atoms with Crippen molar-refractivity contribution in [2.24, 2.45) is 5.73 Å². The van der Waals surface area contributed by atoms with E-state index in [0.29, 0.717) is 16.6 Å². The van der Waals surface area contributed by atoms with Crippen molar-refractivity contribution in [3.63, 3.8) is 0 Å². The van der Waals surface area contributed by atoms with Gasteiger partial charge in [-0.1, -0.05) is 6.07 Å². The maximum absolute atomic E-state index is 13.2. The minimum absolute atomic E-state index is 0.00881. The molecule has 36 heavy (non-hydrogen) atoms. The Morgan fingerprint density at radius 2 is 1.89 bits per heavy atom. The Morgan fingerprint density at radius 1 is 1.19 bits per heavy atom. The lowest BCUT2D eigenvalue weighted by atomic mass is 10.1. The standard InChI is InChI=1S/C22H27F6N5O3/c1-10(36-11(2)21(23,24)25)18(29)19-30-14-6-3-12(7-15(14)31-19)16(9-35-13-4-5-13)33-8-17(22(26,27)28)32-20(33)34/h3,6-7,10-11,13,16-18H,4-5,8-9,29H2,1-2H3,(H,30,31)(H,32,34)/t10-,11+,16-,17+,18+/m1/s1. The number of benzene rings is 1. The van der Waals surface area contributed by atoms with Crippen LogP contribution in [0.5, 0.6) is 0 Å². The number of imidazole rings is 1. The van der Waals surface area contributed by atoms with E-state index in [2.05, 4.69) is 9.97 Å². The molecular formula is C22H27F6N5O3. The molecule has 2 amide bonds. The van der Waals surface area contributed by atoms with E-state index in [1.165, 1.54) is 6.92 Å². The number of halogens is 6. The van der Waals surface area contributed by atoms with Crippen molar-refractivity contribution >= 4 is 17.1 Å². The summed E-state index contributed by atoms with van der Waals surface area (Å²) in [5, 5.41) is 1.97. The zero-order valence-corrected chi connectivity index (χ0v) is 19.5. The third-order valence-electron chi connectivity index (χ3n) is 6.33. The maximum Gasteiger partial charge on any atom is 0.414 e. The molecule has 2 heterocycles. The summed E-state index contributed by atoms with van der Waals surface area (Å²) < 4.78 is 88.9. The van der Waals surface area contributed by atoms with Crippen LogP contribution < -0.4 is 11.1 Å². The quantitative estimate of drug-likeness (QED) is 0.430. The number of fused-ring (bicyclic) bond motifs is 1. The van der Waals surface area contributed by atoms with Gasteiger partial charge in [0.2, 0.25) is 0 Å². The molecule has 1 aromatic carbocycles. The van der Waals surface area contributed by atoms with Gasteiger partial charge in [-0.25, -0.2) is 9.78 Å². The molecule has 2 aromatic rings. The van der Waals surface area contributed by atoms with Crippen LogP contribution in [0.15, 0.2) is 18.2 Å². The van der Waals surface area contributed by atoms with Crippen molar-refractivity contribution in [1.29, 1.82) is 0 Å². The Balaban J connectivity index is 1.56. The number of nitrogens with zero attached hydrogens (tertiary/aromatic N) is 2. The third kappa shape index (κ3) is 5.86. The fourth-order valence-electron chi connectivity index (χ4n) is 3.96. The monoisotopic (exact) mass is 523 g/mol. The molecule has 14 heteroatoms. The summed E-state index contributed by atoms with van der Waals surface area (Å²) in [5.74, 6) is 0.186. The number of nitrogens with two attached hydrogens (primary N) is 1. The molecule has 4 rings (SSSR count). The number of H-pyrrole nitrogens is 1. The van der Waals surface area contributed by atoms with E-state index in [-0.39, 0.29) is 18.5 Å². The number of nitrogens with one attached hydrogen (secondary N) is 2. The van der Waals surface area contributed by atoms with Crippen LogP contribution in [0.2, 0.25) is 0 Å². The minimum Gasteiger partial charge on any atom is -0.376 e. The van der Waals surface area contributed by atoms with Gasteiger partial charge in [0.05, 0.1) is 48.5 Å². The average Bonchev–Trinajstić information content (AvgIpc) is 3.37. The number of rotatable bonds is 9. The first-order valence-electron chi connectivity index (χ1n) is 11.5. The Bertz CT molecular complexity index is 1090. The predicted octanol–water partition coefficient (Wildman–Crippen LogP) is 4.09. The first kappa shape index (κ1) is 26.5. The van der Waals surface area contributed by atoms with Crippen LogP contribution in [0.4, 0.5) is 31.1 Å². The van der Waals surface area contributed by atoms with Crippen LogP contribution in [-0.4, -0.2) is 70.8 Å². The molecule has 1 aromatic heterocycles. The summed E-state index contributed by atoms with van der Waals surface area (Å²) >= 11 is 0. The molecule has 4 N–H and O–H groups in total. The van der Waals surface area contributed by atoms with Crippen molar-refractivity contribution in [2.75, 3.05) is 13.2 Å². The second-order valence-corrected chi connectivity index (χ2v) is 9.19. The number of carbonyl (C=O) groups excluding carboxylic acids is 1. The Morgan fingerprint density at radius 3 is 2.47 bits per heavy atom. The number of alkyl halides is 6. The van der Waals surface area contributed by atoms with Crippen LogP contribution in [-0.2, 0) is 9.47 Å². The molecule has 1 aliphatic heterocycles. The highest BCUT2D eigenvalue weighted by Gasteiger charge is 2.49. The van der Waals surface area contributed by atoms with Crippen molar-refractivity contribution < 1.29 is 40.6 Å². The van der Waals surface area contributed by atoms with Gasteiger partial charge in [0.15, 0.2) is 6.10 Å². The SMILES string of the molecule is C[C@H](O[C@H](C)[C@H](N)c1nc2ccc([C@@H](COC3CC3)N3C[C@@H](C(F)(F)F)NC3=O)cc2[nH]1)C(F)(F)F. The number of aromatic amines is 1. The zero-order valence-electron chi connectivity index (χ0n) is 19.5. The zero-order chi connectivity index (χ0) is 26.4. The van der Waals surface area contributed by atoms with Crippen molar-refractivity contribution in [3.8, 4) is 0 Å². The van der Waals surface area contributed by atoms with Crippen LogP contribution in [0.3, 0.4) is 0 Å². The summed E-state index contributed by atoms with van der Waals surface area (Å²) in [6.07, 6.45) is -10.5. The molecule has 200 valence electrons. The van der Waals surface area contributed by atoms with Crippen LogP contribution in [0, 0.1) is 0 Å². The summed E-state index contributed by atoms with van der Waals surface area (Å²) in [7, 11) is 0. The fraction of sp³-hybridized carbons (Fsp3) is 0.636. The van der Waals surface area contributed by atoms with Gasteiger partial charge in [0, 0.05) is 0 Å². The molecule has 1 aliphatic carbocycles. The van der Waals surface area contributed by atoms with E-state index in [0.717, 1.165) is 24.7 Å². The first-order chi connectivity index (χ1) is 16.7. The molecular weight excluding hydrogens is 496 g/mol. The van der Waals surface area contributed by atoms with Gasteiger partial charge in [-0.15, -0.1) is 0 Å². The van der Waals surface area contributed by atoms with E-state index >= 15 is 0 Å². The van der Waals surface area contributed by atoms with Crippen LogP contribution in [0.25, 0.3) is 11.0 Å². The highest BCUT2D eigenvalue weighted by molar-refractivity contribution is 5.79. The number of hydrogen-bond donors (Lipinski definition) is 3. The Labute approximate surface area is 202 Å². The van der Waals surface area contributed by atoms with Crippen molar-refractivity contribution in [3.05, 3.63) is 29.6 Å². The Kier molecular flexibility index (Phi) is 7.14. The van der Waals surface area contributed by atoms with E-state index in [9.17, 15) is 31.1 Å². The number of hydrogen-bond acceptors (Lipinski definition) is 5. The topological polar surface area (TPSA) is 106 Å². The van der Waals surface area contributed by atoms with E-state index in [4.69, 9.17) is 15.2 Å². The van der Waals surface area contributed by atoms with Gasteiger partial charge in [0.1, 0.15) is 11.9 Å². The van der Waals surface area contributed by atoms with Crippen molar-refractivity contribution in [1.82, 2.24) is 20.2 Å². The summed E-state index contributed by atoms with van der Waals surface area (Å²) in [6.45, 7) is 1.73. The molecule has 1 saturated carbocycles. The highest BCUT2D eigenvalue weighted by Crippen LogP contribution is 2.34. The number of carbonyl (C=O) groups is 1. The van der Waals surface area contributed by atoms with E-state index in [1.54, 1.807) is 18.2 Å². The lowest BCUT2D eigenvalue weighted by Gasteiger charge is -2.27. The molecule has 0 bridgehead atoms. The fourth-order valence-corrected chi connectivity index (χ4v) is 3.96. The molecule has 0 spiro atoms. The highest BCUT2D eigenvalue weighted by atomic mass is 19.4. The summed E-state index contributed by atoms with van der Waals surface area (Å²) in [5.41, 5.74) is 7.49. The molecule has 1 saturated heterocycles. The molecule has 2 aliphatic rings. The minimum atomic E-state index is -4.59. The predicted molar refractivity (Wildman–Crippen MR) is 116 cm³/mol. The van der Waals surface area contributed by atoms with Gasteiger partial charge in [-0.3, -0.25) is 0 Å². The third-order valence-corrected chi connectivity index (χ3v) is 6.33. The lowest BCUT2D eigenvalue weighted by molar-refractivity contribution is -0.227. The largest absolute Gasteiger partial charge is 0.414 e. The number of amides is 2. The van der Waals surface area contributed by atoms with Gasteiger partial charge >= 0.3 is 18.4 Å². The van der Waals surface area contributed by atoms with Crippen LogP contribution >= 0.6 is 0 Å². The number of aromatic nitrogens is 2. The van der Waals surface area contributed by atoms with E-state index < -0.39 is 55.3 Å². The maximum atomic E-state index is 13.2. The second kappa shape index (κ2) is 9.71. The van der Waals surface area contributed by atoms with Crippen molar-refractivity contribution in [2.45, 2.75) is 75.5 Å². The molecule has 0 radical (unpaired) electrons. The summed E-state index contributed by atoms with van der Waals surface area (Å²) in [4.78, 5) is 20.8. The lowest BCUT2D eigenvalue weighted by Crippen LogP contribution is -2.40. The van der Waals surface area contributed by atoms with Gasteiger partial charge in [-0.05, 0) is 44.4 Å². The van der Waals surface area contributed by atoms with Gasteiger partial charge < -0.3 is 30.4 Å². The number of ether oxygens (including phenoxy) is 2. The molecule has 0 unspecified atom stereocenters. The normalized spacial score (nSPS) is 22.5. The smallest absolute Gasteiger partial charge is 0.376 e. The van der Waals surface area contributed by atoms with Crippen LogP contribution in [0.1, 0.15) is 50.2 Å². The summed E-state index contributed by atoms with van der Waals surface area (Å²) in [6, 6.07) is 0.208. The van der Waals surface area contributed by atoms with Gasteiger partial charge in [0.25, 0.3) is 0 Å². The van der Waals surface area contributed by atoms with E-state index in [1.807, 2.05) is 5.32 Å².